The molecule has 12 heavy (non-hydrogen) atoms. The predicted molar refractivity (Wildman–Crippen MR) is 44.8 cm³/mol. The van der Waals surface area contributed by atoms with Crippen LogP contribution in [0.5, 0.6) is 0 Å². The summed E-state index contributed by atoms with van der Waals surface area (Å²) in [6.07, 6.45) is 1.54. The van der Waals surface area contributed by atoms with Crippen LogP contribution in [-0.4, -0.2) is 22.6 Å². The lowest BCUT2D eigenvalue weighted by molar-refractivity contribution is -0.134. The standard InChI is InChI=1S/C7H9N3O2/c8-5-2-1-3-9-7(5)10-4-6(11)12/h1-3H,4,8H2,(H,9,10)(H,11,12). The molecule has 0 fully saturated rings. The molecule has 0 saturated heterocycles. The number of hydrogen-bond donors (Lipinski definition) is 3. The molecule has 0 bridgehead atoms. The molecule has 5 nitrogen and oxygen atoms in total. The topological polar surface area (TPSA) is 88.2 Å². The van der Waals surface area contributed by atoms with Gasteiger partial charge in [0.25, 0.3) is 0 Å². The van der Waals surface area contributed by atoms with Crippen LogP contribution >= 0.6 is 0 Å². The molecule has 0 aliphatic carbocycles. The van der Waals surface area contributed by atoms with E-state index in [0.717, 1.165) is 0 Å². The van der Waals surface area contributed by atoms with Crippen LogP contribution in [0.4, 0.5) is 11.5 Å². The van der Waals surface area contributed by atoms with E-state index in [2.05, 4.69) is 10.3 Å². The Kier molecular flexibility index (Phi) is 2.47. The second-order valence-electron chi connectivity index (χ2n) is 2.19. The van der Waals surface area contributed by atoms with Crippen LogP contribution in [0.2, 0.25) is 0 Å². The maximum Gasteiger partial charge on any atom is 0.322 e. The Morgan fingerprint density at radius 1 is 1.75 bits per heavy atom. The average molecular weight is 167 g/mol. The fourth-order valence-electron chi connectivity index (χ4n) is 0.725. The van der Waals surface area contributed by atoms with Crippen molar-refractivity contribution in [3.05, 3.63) is 18.3 Å². The summed E-state index contributed by atoms with van der Waals surface area (Å²) in [5.74, 6) is -0.542. The number of nitrogens with zero attached hydrogens (tertiary/aromatic N) is 1. The highest BCUT2D eigenvalue weighted by Gasteiger charge is 2.00. The molecule has 0 aliphatic rings. The van der Waals surface area contributed by atoms with Gasteiger partial charge in [-0.2, -0.15) is 0 Å². The van der Waals surface area contributed by atoms with Gasteiger partial charge in [-0.25, -0.2) is 4.98 Å². The van der Waals surface area contributed by atoms with E-state index in [1.54, 1.807) is 18.3 Å². The van der Waals surface area contributed by atoms with Gasteiger partial charge in [-0.15, -0.1) is 0 Å². The van der Waals surface area contributed by atoms with E-state index in [1.165, 1.54) is 0 Å². The minimum Gasteiger partial charge on any atom is -0.480 e. The summed E-state index contributed by atoms with van der Waals surface area (Å²) in [5, 5.41) is 10.9. The number of carbonyl (C=O) groups is 1. The summed E-state index contributed by atoms with van der Waals surface area (Å²) >= 11 is 0. The molecular weight excluding hydrogens is 158 g/mol. The minimum atomic E-state index is -0.944. The lowest BCUT2D eigenvalue weighted by Gasteiger charge is -2.03. The quantitative estimate of drug-likeness (QED) is 0.596. The Balaban J connectivity index is 2.63. The first-order valence-corrected chi connectivity index (χ1v) is 3.36. The van der Waals surface area contributed by atoms with Gasteiger partial charge in [-0.05, 0) is 12.1 Å². The minimum absolute atomic E-state index is 0.179. The summed E-state index contributed by atoms with van der Waals surface area (Å²) in [7, 11) is 0. The highest BCUT2D eigenvalue weighted by molar-refractivity contribution is 5.74. The summed E-state index contributed by atoms with van der Waals surface area (Å²) in [4.78, 5) is 14.0. The van der Waals surface area contributed by atoms with E-state index in [9.17, 15) is 4.79 Å². The van der Waals surface area contributed by atoms with Gasteiger partial charge in [-0.1, -0.05) is 0 Å². The van der Waals surface area contributed by atoms with Crippen molar-refractivity contribution in [2.75, 3.05) is 17.6 Å². The molecular formula is C7H9N3O2. The van der Waals surface area contributed by atoms with Crippen LogP contribution in [0.3, 0.4) is 0 Å². The Bertz CT molecular complexity index is 288. The lowest BCUT2D eigenvalue weighted by Crippen LogP contribution is -2.14. The van der Waals surface area contributed by atoms with Crippen molar-refractivity contribution in [1.82, 2.24) is 4.98 Å². The molecule has 1 aromatic heterocycles. The van der Waals surface area contributed by atoms with Crippen LogP contribution in [0.1, 0.15) is 0 Å². The second-order valence-corrected chi connectivity index (χ2v) is 2.19. The third-order valence-corrected chi connectivity index (χ3v) is 1.25. The van der Waals surface area contributed by atoms with Crippen LogP contribution in [-0.2, 0) is 4.79 Å². The number of carboxylic acid groups (broad SMARTS) is 1. The first kappa shape index (κ1) is 8.32. The van der Waals surface area contributed by atoms with E-state index in [1.807, 2.05) is 0 Å². The summed E-state index contributed by atoms with van der Waals surface area (Å²) < 4.78 is 0. The number of anilines is 2. The fraction of sp³-hybridized carbons (Fsp3) is 0.143. The zero-order chi connectivity index (χ0) is 8.97. The van der Waals surface area contributed by atoms with Crippen molar-refractivity contribution in [2.45, 2.75) is 0 Å². The molecule has 5 heteroatoms. The number of aromatic nitrogens is 1. The van der Waals surface area contributed by atoms with Gasteiger partial charge in [0, 0.05) is 6.20 Å². The van der Waals surface area contributed by atoms with Gasteiger partial charge in [0.1, 0.15) is 12.4 Å². The number of carboxylic acids is 1. The number of hydrogen-bond acceptors (Lipinski definition) is 4. The Hall–Kier alpha value is -1.78. The molecule has 1 aromatic rings. The highest BCUT2D eigenvalue weighted by Crippen LogP contribution is 2.11. The Labute approximate surface area is 69.2 Å². The van der Waals surface area contributed by atoms with Crippen LogP contribution in [0, 0.1) is 0 Å². The molecule has 0 aromatic carbocycles. The van der Waals surface area contributed by atoms with Crippen molar-refractivity contribution in [1.29, 1.82) is 0 Å². The van der Waals surface area contributed by atoms with E-state index in [-0.39, 0.29) is 6.54 Å². The van der Waals surface area contributed by atoms with Crippen molar-refractivity contribution >= 4 is 17.5 Å². The van der Waals surface area contributed by atoms with Crippen molar-refractivity contribution < 1.29 is 9.90 Å². The molecule has 0 atom stereocenters. The van der Waals surface area contributed by atoms with Crippen molar-refractivity contribution in [3.8, 4) is 0 Å². The fourth-order valence-corrected chi connectivity index (χ4v) is 0.725. The number of nitrogen functional groups attached to an aromatic ring is 1. The normalized spacial score (nSPS) is 9.33. The molecule has 0 unspecified atom stereocenters. The van der Waals surface area contributed by atoms with E-state index in [4.69, 9.17) is 10.8 Å². The largest absolute Gasteiger partial charge is 0.480 e. The molecule has 0 spiro atoms. The van der Waals surface area contributed by atoms with E-state index in [0.29, 0.717) is 11.5 Å². The van der Waals surface area contributed by atoms with E-state index < -0.39 is 5.97 Å². The van der Waals surface area contributed by atoms with Gasteiger partial charge in [-0.3, -0.25) is 4.79 Å². The predicted octanol–water partition coefficient (Wildman–Crippen LogP) is 0.160. The zero-order valence-electron chi connectivity index (χ0n) is 6.32. The van der Waals surface area contributed by atoms with E-state index >= 15 is 0 Å². The van der Waals surface area contributed by atoms with Gasteiger partial charge in [0.2, 0.25) is 0 Å². The highest BCUT2D eigenvalue weighted by atomic mass is 16.4. The molecule has 0 aliphatic heterocycles. The molecule has 1 rings (SSSR count). The first-order chi connectivity index (χ1) is 5.70. The number of nitrogens with one attached hydrogen (secondary N) is 1. The third-order valence-electron chi connectivity index (χ3n) is 1.25. The van der Waals surface area contributed by atoms with Gasteiger partial charge < -0.3 is 16.2 Å². The molecule has 4 N–H and O–H groups in total. The maximum atomic E-state index is 10.2. The van der Waals surface area contributed by atoms with Crippen LogP contribution < -0.4 is 11.1 Å². The third kappa shape index (κ3) is 2.12. The maximum absolute atomic E-state index is 10.2. The average Bonchev–Trinajstić information content (AvgIpc) is 2.03. The zero-order valence-corrected chi connectivity index (χ0v) is 6.32. The molecule has 0 radical (unpaired) electrons. The SMILES string of the molecule is Nc1cccnc1NCC(=O)O. The van der Waals surface area contributed by atoms with Gasteiger partial charge in [0.15, 0.2) is 0 Å². The first-order valence-electron chi connectivity index (χ1n) is 3.36. The second kappa shape index (κ2) is 3.56. The molecule has 64 valence electrons. The molecule has 1 heterocycles. The number of aliphatic carboxylic acids is 1. The van der Waals surface area contributed by atoms with Crippen molar-refractivity contribution in [3.63, 3.8) is 0 Å². The monoisotopic (exact) mass is 167 g/mol. The summed E-state index contributed by atoms with van der Waals surface area (Å²) in [6, 6.07) is 3.33. The number of pyridine rings is 1. The lowest BCUT2D eigenvalue weighted by atomic mass is 10.4. The summed E-state index contributed by atoms with van der Waals surface area (Å²) in [5.41, 5.74) is 5.93. The number of rotatable bonds is 3. The molecule has 0 amide bonds. The van der Waals surface area contributed by atoms with Crippen molar-refractivity contribution in [2.24, 2.45) is 0 Å². The van der Waals surface area contributed by atoms with Crippen LogP contribution in [0.25, 0.3) is 0 Å². The smallest absolute Gasteiger partial charge is 0.322 e. The van der Waals surface area contributed by atoms with Gasteiger partial charge in [0.05, 0.1) is 5.69 Å². The van der Waals surface area contributed by atoms with Gasteiger partial charge >= 0.3 is 5.97 Å². The Morgan fingerprint density at radius 3 is 3.08 bits per heavy atom. The molecule has 0 saturated carbocycles. The Morgan fingerprint density at radius 2 is 2.50 bits per heavy atom. The van der Waals surface area contributed by atoms with Crippen LogP contribution in [0.15, 0.2) is 18.3 Å². The summed E-state index contributed by atoms with van der Waals surface area (Å²) in [6.45, 7) is -0.179. The number of nitrogens with two attached hydrogens (primary N) is 1.